The van der Waals surface area contributed by atoms with Gasteiger partial charge in [-0.15, -0.1) is 0 Å². The molecule has 168 valence electrons. The molecule has 0 unspecified atom stereocenters. The summed E-state index contributed by atoms with van der Waals surface area (Å²) in [4.78, 5) is 24.4. The van der Waals surface area contributed by atoms with Crippen LogP contribution in [-0.4, -0.2) is 42.9 Å². The maximum absolute atomic E-state index is 12.2. The number of carbonyl (C=O) groups is 2. The molecule has 9 heteroatoms. The average molecular weight is 456 g/mol. The van der Waals surface area contributed by atoms with Crippen LogP contribution in [0, 0.1) is 13.8 Å². The first-order chi connectivity index (χ1) is 15.1. The van der Waals surface area contributed by atoms with Crippen LogP contribution in [0.4, 0.5) is 0 Å². The lowest BCUT2D eigenvalue weighted by molar-refractivity contribution is -0.124. The third kappa shape index (κ3) is 5.82. The summed E-state index contributed by atoms with van der Waals surface area (Å²) in [5.41, 5.74) is 3.85. The fraction of sp³-hybridized carbons (Fsp3) is 0.261. The highest BCUT2D eigenvalue weighted by atomic mass is 32.2. The van der Waals surface area contributed by atoms with Gasteiger partial charge in [0.1, 0.15) is 0 Å². The molecular formula is C23H25N3O5S. The maximum Gasteiger partial charge on any atom is 0.338 e. The topological polar surface area (TPSA) is 107 Å². The van der Waals surface area contributed by atoms with E-state index in [4.69, 9.17) is 4.74 Å². The summed E-state index contributed by atoms with van der Waals surface area (Å²) in [6.07, 6.45) is 1.05. The molecule has 1 aromatic heterocycles. The highest BCUT2D eigenvalue weighted by Crippen LogP contribution is 2.15. The number of carbonyl (C=O) groups excluding carboxylic acids is 2. The van der Waals surface area contributed by atoms with Crippen LogP contribution in [0.3, 0.4) is 0 Å². The van der Waals surface area contributed by atoms with Gasteiger partial charge >= 0.3 is 5.97 Å². The lowest BCUT2D eigenvalue weighted by atomic mass is 10.2. The number of amides is 1. The van der Waals surface area contributed by atoms with Crippen LogP contribution in [0.15, 0.2) is 59.5 Å². The number of nitrogens with one attached hydrogen (secondary N) is 1. The van der Waals surface area contributed by atoms with Gasteiger partial charge in [0.25, 0.3) is 5.91 Å². The Morgan fingerprint density at radius 2 is 1.78 bits per heavy atom. The molecule has 0 aliphatic heterocycles. The Labute approximate surface area is 187 Å². The van der Waals surface area contributed by atoms with Crippen molar-refractivity contribution in [3.8, 4) is 0 Å². The largest absolute Gasteiger partial charge is 0.452 e. The van der Waals surface area contributed by atoms with E-state index in [-0.39, 0.29) is 17.0 Å². The van der Waals surface area contributed by atoms with Gasteiger partial charge in [-0.25, -0.2) is 13.2 Å². The van der Waals surface area contributed by atoms with E-state index in [9.17, 15) is 18.0 Å². The number of hydrogen-bond acceptors (Lipinski definition) is 6. The Balaban J connectivity index is 1.56. The van der Waals surface area contributed by atoms with Crippen LogP contribution >= 0.6 is 0 Å². The van der Waals surface area contributed by atoms with Crippen molar-refractivity contribution in [1.82, 2.24) is 15.1 Å². The number of nitrogens with zero attached hydrogens (tertiary/aromatic N) is 2. The molecule has 2 aromatic carbocycles. The number of sulfone groups is 1. The summed E-state index contributed by atoms with van der Waals surface area (Å²) in [5, 5.41) is 7.29. The predicted molar refractivity (Wildman–Crippen MR) is 119 cm³/mol. The number of esters is 1. The SMILES string of the molecule is Cc1nn(Cc2ccccc2)c(C)c1CNC(=O)COC(=O)c1cccc(S(C)(=O)=O)c1. The lowest BCUT2D eigenvalue weighted by Crippen LogP contribution is -2.28. The molecule has 0 bridgehead atoms. The van der Waals surface area contributed by atoms with E-state index in [0.29, 0.717) is 6.54 Å². The van der Waals surface area contributed by atoms with Gasteiger partial charge in [0, 0.05) is 24.1 Å². The highest BCUT2D eigenvalue weighted by molar-refractivity contribution is 7.90. The van der Waals surface area contributed by atoms with E-state index in [1.165, 1.54) is 24.3 Å². The van der Waals surface area contributed by atoms with Crippen LogP contribution in [0.2, 0.25) is 0 Å². The Morgan fingerprint density at radius 1 is 1.06 bits per heavy atom. The van der Waals surface area contributed by atoms with Gasteiger partial charge in [-0.2, -0.15) is 5.10 Å². The first kappa shape index (κ1) is 23.2. The molecule has 0 fully saturated rings. The summed E-state index contributed by atoms with van der Waals surface area (Å²) in [7, 11) is -3.45. The zero-order valence-corrected chi connectivity index (χ0v) is 19.0. The third-order valence-electron chi connectivity index (χ3n) is 5.00. The molecule has 0 spiro atoms. The lowest BCUT2D eigenvalue weighted by Gasteiger charge is -2.08. The number of ether oxygens (including phenoxy) is 1. The summed E-state index contributed by atoms with van der Waals surface area (Å²) in [6.45, 7) is 4.24. The van der Waals surface area contributed by atoms with E-state index in [2.05, 4.69) is 10.4 Å². The van der Waals surface area contributed by atoms with E-state index in [1.807, 2.05) is 48.9 Å². The molecule has 32 heavy (non-hydrogen) atoms. The number of aromatic nitrogens is 2. The second kappa shape index (κ2) is 9.78. The van der Waals surface area contributed by atoms with Gasteiger partial charge in [0.15, 0.2) is 16.4 Å². The molecule has 3 rings (SSSR count). The van der Waals surface area contributed by atoms with Gasteiger partial charge in [-0.05, 0) is 37.6 Å². The van der Waals surface area contributed by atoms with Crippen LogP contribution < -0.4 is 5.32 Å². The monoisotopic (exact) mass is 455 g/mol. The molecule has 8 nitrogen and oxygen atoms in total. The average Bonchev–Trinajstić information content (AvgIpc) is 3.03. The first-order valence-corrected chi connectivity index (χ1v) is 11.8. The highest BCUT2D eigenvalue weighted by Gasteiger charge is 2.16. The van der Waals surface area contributed by atoms with Crippen molar-refractivity contribution in [2.24, 2.45) is 0 Å². The standard InChI is InChI=1S/C23H25N3O5S/c1-16-21(17(2)26(25-16)14-18-8-5-4-6-9-18)13-24-22(27)15-31-23(28)19-10-7-11-20(12-19)32(3,29)30/h4-12H,13-15H2,1-3H3,(H,24,27). The van der Waals surface area contributed by atoms with Crippen LogP contribution in [0.5, 0.6) is 0 Å². The minimum absolute atomic E-state index is 0.00914. The van der Waals surface area contributed by atoms with Crippen molar-refractivity contribution in [3.63, 3.8) is 0 Å². The van der Waals surface area contributed by atoms with Gasteiger partial charge in [0.05, 0.1) is 22.7 Å². The molecule has 1 amide bonds. The van der Waals surface area contributed by atoms with E-state index < -0.39 is 28.3 Å². The zero-order chi connectivity index (χ0) is 23.3. The minimum atomic E-state index is -3.45. The minimum Gasteiger partial charge on any atom is -0.452 e. The summed E-state index contributed by atoms with van der Waals surface area (Å²) < 4.78 is 30.2. The fourth-order valence-electron chi connectivity index (χ4n) is 3.21. The van der Waals surface area contributed by atoms with Crippen LogP contribution in [-0.2, 0) is 32.5 Å². The van der Waals surface area contributed by atoms with Crippen molar-refractivity contribution in [1.29, 1.82) is 0 Å². The molecule has 0 aliphatic carbocycles. The van der Waals surface area contributed by atoms with Crippen molar-refractivity contribution in [2.45, 2.75) is 31.8 Å². The molecular weight excluding hydrogens is 430 g/mol. The number of hydrogen-bond donors (Lipinski definition) is 1. The molecule has 0 aliphatic rings. The molecule has 0 atom stereocenters. The van der Waals surface area contributed by atoms with Crippen molar-refractivity contribution >= 4 is 21.7 Å². The second-order valence-electron chi connectivity index (χ2n) is 7.45. The quantitative estimate of drug-likeness (QED) is 0.523. The van der Waals surface area contributed by atoms with Gasteiger partial charge < -0.3 is 10.1 Å². The number of benzene rings is 2. The predicted octanol–water partition coefficient (Wildman–Crippen LogP) is 2.42. The number of rotatable bonds is 8. The Kier molecular flexibility index (Phi) is 7.09. The Morgan fingerprint density at radius 3 is 2.47 bits per heavy atom. The Hall–Kier alpha value is -3.46. The summed E-state index contributed by atoms with van der Waals surface area (Å²) in [6, 6.07) is 15.5. The third-order valence-corrected chi connectivity index (χ3v) is 6.11. The normalized spacial score (nSPS) is 11.2. The Bertz CT molecular complexity index is 1230. The number of aryl methyl sites for hydroxylation is 1. The van der Waals surface area contributed by atoms with Crippen LogP contribution in [0.1, 0.15) is 32.9 Å². The second-order valence-corrected chi connectivity index (χ2v) is 9.46. The van der Waals surface area contributed by atoms with E-state index in [1.54, 1.807) is 0 Å². The smallest absolute Gasteiger partial charge is 0.338 e. The summed E-state index contributed by atoms with van der Waals surface area (Å²) in [5.74, 6) is -1.24. The first-order valence-electron chi connectivity index (χ1n) is 9.96. The van der Waals surface area contributed by atoms with Gasteiger partial charge in [-0.3, -0.25) is 9.48 Å². The van der Waals surface area contributed by atoms with Gasteiger partial charge in [-0.1, -0.05) is 36.4 Å². The summed E-state index contributed by atoms with van der Waals surface area (Å²) >= 11 is 0. The maximum atomic E-state index is 12.2. The van der Waals surface area contributed by atoms with Crippen molar-refractivity contribution in [2.75, 3.05) is 12.9 Å². The molecule has 1 heterocycles. The fourth-order valence-corrected chi connectivity index (χ4v) is 3.87. The van der Waals surface area contributed by atoms with Gasteiger partial charge in [0.2, 0.25) is 0 Å². The molecule has 1 N–H and O–H groups in total. The van der Waals surface area contributed by atoms with Crippen molar-refractivity contribution < 1.29 is 22.7 Å². The van der Waals surface area contributed by atoms with E-state index in [0.717, 1.165) is 28.8 Å². The van der Waals surface area contributed by atoms with Crippen LogP contribution in [0.25, 0.3) is 0 Å². The van der Waals surface area contributed by atoms with E-state index >= 15 is 0 Å². The molecule has 0 radical (unpaired) electrons. The van der Waals surface area contributed by atoms with Crippen molar-refractivity contribution in [3.05, 3.63) is 82.7 Å². The molecule has 0 saturated carbocycles. The molecule has 3 aromatic rings. The molecule has 0 saturated heterocycles. The zero-order valence-electron chi connectivity index (χ0n) is 18.2.